The minimum Gasteiger partial charge on any atom is -0.398 e. The minimum atomic E-state index is -0.256. The van der Waals surface area contributed by atoms with Gasteiger partial charge in [0.05, 0.1) is 6.61 Å². The van der Waals surface area contributed by atoms with Crippen LogP contribution in [0.25, 0.3) is 0 Å². The molecule has 1 heterocycles. The van der Waals surface area contributed by atoms with Gasteiger partial charge in [0, 0.05) is 29.9 Å². The lowest BCUT2D eigenvalue weighted by atomic mass is 9.74. The Labute approximate surface area is 124 Å². The van der Waals surface area contributed by atoms with Crippen molar-refractivity contribution < 1.29 is 9.90 Å². The van der Waals surface area contributed by atoms with E-state index in [0.29, 0.717) is 12.2 Å². The highest BCUT2D eigenvalue weighted by molar-refractivity contribution is 5.75. The minimum absolute atomic E-state index is 0.0502. The second-order valence-corrected chi connectivity index (χ2v) is 5.92. The summed E-state index contributed by atoms with van der Waals surface area (Å²) in [6, 6.07) is 2.86. The van der Waals surface area contributed by atoms with Crippen LogP contribution in [0.4, 0.5) is 5.69 Å². The van der Waals surface area contributed by atoms with E-state index >= 15 is 0 Å². The van der Waals surface area contributed by atoms with Crippen LogP contribution in [0, 0.1) is 5.41 Å². The molecule has 1 aliphatic rings. The predicted octanol–water partition coefficient (Wildman–Crippen LogP) is 0.489. The van der Waals surface area contributed by atoms with Gasteiger partial charge in [0.1, 0.15) is 6.54 Å². The van der Waals surface area contributed by atoms with Crippen molar-refractivity contribution in [3.05, 3.63) is 28.7 Å². The first-order valence-corrected chi connectivity index (χ1v) is 7.38. The van der Waals surface area contributed by atoms with Gasteiger partial charge in [-0.3, -0.25) is 9.59 Å². The number of hydrogen-bond donors (Lipinski definition) is 3. The van der Waals surface area contributed by atoms with E-state index in [-0.39, 0.29) is 30.0 Å². The number of nitrogens with one attached hydrogen (secondary N) is 1. The monoisotopic (exact) mass is 293 g/mol. The zero-order valence-corrected chi connectivity index (χ0v) is 12.2. The molecular weight excluding hydrogens is 270 g/mol. The molecule has 0 spiro atoms. The zero-order chi connectivity index (χ0) is 15.3. The van der Waals surface area contributed by atoms with E-state index < -0.39 is 0 Å². The molecule has 1 amide bonds. The number of aliphatic hydroxyl groups is 1. The number of nitrogen functional groups attached to an aromatic ring is 1. The van der Waals surface area contributed by atoms with Crippen LogP contribution < -0.4 is 16.6 Å². The largest absolute Gasteiger partial charge is 0.398 e. The molecule has 4 N–H and O–H groups in total. The summed E-state index contributed by atoms with van der Waals surface area (Å²) in [5, 5.41) is 12.4. The molecule has 6 heteroatoms. The number of pyridine rings is 1. The molecule has 0 saturated heterocycles. The van der Waals surface area contributed by atoms with Crippen LogP contribution in [0.3, 0.4) is 0 Å². The van der Waals surface area contributed by atoms with E-state index in [0.717, 1.165) is 25.7 Å². The molecule has 21 heavy (non-hydrogen) atoms. The van der Waals surface area contributed by atoms with Gasteiger partial charge in [-0.25, -0.2) is 0 Å². The summed E-state index contributed by atoms with van der Waals surface area (Å²) in [4.78, 5) is 23.6. The smallest absolute Gasteiger partial charge is 0.251 e. The van der Waals surface area contributed by atoms with Crippen molar-refractivity contribution in [2.24, 2.45) is 5.41 Å². The van der Waals surface area contributed by atoms with Crippen molar-refractivity contribution in [2.75, 3.05) is 18.9 Å². The van der Waals surface area contributed by atoms with Gasteiger partial charge in [0.2, 0.25) is 5.91 Å². The fourth-order valence-corrected chi connectivity index (χ4v) is 2.86. The van der Waals surface area contributed by atoms with Gasteiger partial charge < -0.3 is 20.7 Å². The molecule has 1 saturated carbocycles. The van der Waals surface area contributed by atoms with Crippen molar-refractivity contribution in [2.45, 2.75) is 38.6 Å². The summed E-state index contributed by atoms with van der Waals surface area (Å²) in [6.07, 6.45) is 6.69. The number of hydrogen-bond acceptors (Lipinski definition) is 4. The van der Waals surface area contributed by atoms with Crippen LogP contribution in [-0.2, 0) is 11.3 Å². The third-order valence-electron chi connectivity index (χ3n) is 4.23. The maximum absolute atomic E-state index is 12.0. The first-order chi connectivity index (χ1) is 10.0. The first kappa shape index (κ1) is 15.6. The Kier molecular flexibility index (Phi) is 5.01. The van der Waals surface area contributed by atoms with E-state index in [1.54, 1.807) is 0 Å². The number of carbonyl (C=O) groups is 1. The third kappa shape index (κ3) is 4.07. The number of rotatable bonds is 5. The highest BCUT2D eigenvalue weighted by Gasteiger charge is 2.31. The van der Waals surface area contributed by atoms with Crippen LogP contribution in [-0.4, -0.2) is 28.7 Å². The summed E-state index contributed by atoms with van der Waals surface area (Å²) < 4.78 is 1.29. The van der Waals surface area contributed by atoms with Crippen molar-refractivity contribution in [1.82, 2.24) is 9.88 Å². The van der Waals surface area contributed by atoms with Crippen molar-refractivity contribution in [3.63, 3.8) is 0 Å². The van der Waals surface area contributed by atoms with Crippen LogP contribution >= 0.6 is 0 Å². The molecule has 6 nitrogen and oxygen atoms in total. The van der Waals surface area contributed by atoms with Crippen molar-refractivity contribution in [1.29, 1.82) is 0 Å². The molecule has 0 bridgehead atoms. The van der Waals surface area contributed by atoms with Crippen molar-refractivity contribution >= 4 is 11.6 Å². The molecule has 0 radical (unpaired) electrons. The number of aliphatic hydroxyl groups excluding tert-OH is 1. The molecule has 2 rings (SSSR count). The number of nitrogens with two attached hydrogens (primary N) is 1. The van der Waals surface area contributed by atoms with Crippen LogP contribution in [0.5, 0.6) is 0 Å². The number of anilines is 1. The molecule has 1 aromatic heterocycles. The second kappa shape index (κ2) is 6.76. The second-order valence-electron chi connectivity index (χ2n) is 5.92. The normalized spacial score (nSPS) is 17.4. The summed E-state index contributed by atoms with van der Waals surface area (Å²) in [5.74, 6) is -0.235. The quantitative estimate of drug-likeness (QED) is 0.736. The number of nitrogens with zero attached hydrogens (tertiary/aromatic N) is 1. The van der Waals surface area contributed by atoms with Gasteiger partial charge in [-0.2, -0.15) is 0 Å². The molecule has 1 aromatic rings. The van der Waals surface area contributed by atoms with Crippen molar-refractivity contribution in [3.8, 4) is 0 Å². The van der Waals surface area contributed by atoms with Crippen LogP contribution in [0.15, 0.2) is 23.1 Å². The summed E-state index contributed by atoms with van der Waals surface area (Å²) >= 11 is 0. The van der Waals surface area contributed by atoms with E-state index in [9.17, 15) is 14.7 Å². The topological polar surface area (TPSA) is 97.4 Å². The SMILES string of the molecule is Nc1ccc(=O)n(CC(=O)NCC2(CO)CCCCC2)c1. The zero-order valence-electron chi connectivity index (χ0n) is 12.2. The highest BCUT2D eigenvalue weighted by atomic mass is 16.3. The predicted molar refractivity (Wildman–Crippen MR) is 80.7 cm³/mol. The number of carbonyl (C=O) groups excluding carboxylic acids is 1. The lowest BCUT2D eigenvalue weighted by molar-refractivity contribution is -0.122. The molecule has 0 aliphatic heterocycles. The molecule has 1 aliphatic carbocycles. The third-order valence-corrected chi connectivity index (χ3v) is 4.23. The Balaban J connectivity index is 1.92. The average Bonchev–Trinajstić information content (AvgIpc) is 2.50. The summed E-state index contributed by atoms with van der Waals surface area (Å²) in [7, 11) is 0. The van der Waals surface area contributed by atoms with Gasteiger partial charge in [0.25, 0.3) is 5.56 Å². The lowest BCUT2D eigenvalue weighted by Crippen LogP contribution is -2.43. The standard InChI is InChI=1S/C15H23N3O3/c16-12-4-5-14(21)18(8-12)9-13(20)17-10-15(11-19)6-2-1-3-7-15/h4-5,8,19H,1-3,6-7,9-11,16H2,(H,17,20). The number of amides is 1. The molecule has 0 aromatic carbocycles. The van der Waals surface area contributed by atoms with E-state index in [2.05, 4.69) is 5.32 Å². The molecule has 116 valence electrons. The first-order valence-electron chi connectivity index (χ1n) is 7.38. The Morgan fingerprint density at radius 2 is 2.05 bits per heavy atom. The van der Waals surface area contributed by atoms with Gasteiger partial charge in [-0.1, -0.05) is 19.3 Å². The summed E-state index contributed by atoms with van der Waals surface area (Å²) in [6.45, 7) is 0.496. The Morgan fingerprint density at radius 1 is 1.33 bits per heavy atom. The van der Waals surface area contributed by atoms with E-state index in [4.69, 9.17) is 5.73 Å². The van der Waals surface area contributed by atoms with E-state index in [1.807, 2.05) is 0 Å². The summed E-state index contributed by atoms with van der Waals surface area (Å²) in [5.41, 5.74) is 5.60. The number of aromatic nitrogens is 1. The van der Waals surface area contributed by atoms with Gasteiger partial charge in [0.15, 0.2) is 0 Å². The lowest BCUT2D eigenvalue weighted by Gasteiger charge is -2.35. The fourth-order valence-electron chi connectivity index (χ4n) is 2.86. The molecular formula is C15H23N3O3. The molecule has 0 unspecified atom stereocenters. The highest BCUT2D eigenvalue weighted by Crippen LogP contribution is 2.35. The van der Waals surface area contributed by atoms with Gasteiger partial charge in [-0.15, -0.1) is 0 Å². The molecule has 1 fully saturated rings. The Bertz CT molecular complexity index is 547. The van der Waals surface area contributed by atoms with Gasteiger partial charge >= 0.3 is 0 Å². The maximum Gasteiger partial charge on any atom is 0.251 e. The van der Waals surface area contributed by atoms with E-state index in [1.165, 1.54) is 29.3 Å². The fraction of sp³-hybridized carbons (Fsp3) is 0.600. The van der Waals surface area contributed by atoms with Crippen LogP contribution in [0.2, 0.25) is 0 Å². The Morgan fingerprint density at radius 3 is 2.71 bits per heavy atom. The van der Waals surface area contributed by atoms with Gasteiger partial charge in [-0.05, 0) is 18.9 Å². The average molecular weight is 293 g/mol. The van der Waals surface area contributed by atoms with Crippen LogP contribution in [0.1, 0.15) is 32.1 Å². The molecule has 0 atom stereocenters. The maximum atomic E-state index is 12.0. The Hall–Kier alpha value is -1.82.